The Morgan fingerprint density at radius 3 is 2.25 bits per heavy atom. The van der Waals surface area contributed by atoms with Gasteiger partial charge in [-0.15, -0.1) is 0 Å². The van der Waals surface area contributed by atoms with Gasteiger partial charge in [-0.1, -0.05) is 17.4 Å². The lowest BCUT2D eigenvalue weighted by Gasteiger charge is -2.24. The molecule has 1 atom stereocenters. The molecule has 0 saturated carbocycles. The number of Topliss-reactive ketones (excluding diaryl/α,β-unsaturated/α-hetero) is 1. The molecule has 1 aromatic heterocycles. The minimum absolute atomic E-state index is 0.0844. The Balaban J connectivity index is 1.75. The Morgan fingerprint density at radius 2 is 1.65 bits per heavy atom. The highest BCUT2D eigenvalue weighted by Gasteiger charge is 2.48. The van der Waals surface area contributed by atoms with Crippen LogP contribution in [0.4, 0.5) is 5.13 Å². The maximum absolute atomic E-state index is 13.6. The second-order valence-corrected chi connectivity index (χ2v) is 10.1. The number of carbonyl (C=O) groups is 2. The van der Waals surface area contributed by atoms with E-state index < -0.39 is 17.7 Å². The van der Waals surface area contributed by atoms with Crippen LogP contribution in [0.3, 0.4) is 0 Å². The van der Waals surface area contributed by atoms with E-state index in [1.54, 1.807) is 36.4 Å². The van der Waals surface area contributed by atoms with Crippen molar-refractivity contribution in [2.24, 2.45) is 0 Å². The predicted octanol–water partition coefficient (Wildman–Crippen LogP) is 5.66. The number of carbonyl (C=O) groups excluding carboxylic acids is 2. The van der Waals surface area contributed by atoms with Crippen LogP contribution in [0.25, 0.3) is 16.0 Å². The van der Waals surface area contributed by atoms with Crippen molar-refractivity contribution in [3.8, 4) is 23.0 Å². The number of hydrogen-bond donors (Lipinski definition) is 1. The molecule has 0 bridgehead atoms. The summed E-state index contributed by atoms with van der Waals surface area (Å²) in [5, 5.41) is 11.8. The molecule has 0 spiro atoms. The van der Waals surface area contributed by atoms with Gasteiger partial charge < -0.3 is 24.1 Å². The van der Waals surface area contributed by atoms with E-state index in [-0.39, 0.29) is 11.3 Å². The van der Waals surface area contributed by atoms with Gasteiger partial charge >= 0.3 is 5.91 Å². The molecule has 9 nitrogen and oxygen atoms in total. The summed E-state index contributed by atoms with van der Waals surface area (Å²) in [6.45, 7) is 4.33. The first-order chi connectivity index (χ1) is 19.3. The highest BCUT2D eigenvalue weighted by molar-refractivity contribution is 7.22. The van der Waals surface area contributed by atoms with Crippen LogP contribution < -0.4 is 23.8 Å². The smallest absolute Gasteiger partial charge is 0.301 e. The molecule has 4 aromatic rings. The number of fused-ring (bicyclic) bond motifs is 1. The summed E-state index contributed by atoms with van der Waals surface area (Å²) in [5.41, 5.74) is 2.48. The van der Waals surface area contributed by atoms with E-state index in [9.17, 15) is 14.7 Å². The highest BCUT2D eigenvalue weighted by Crippen LogP contribution is 2.48. The summed E-state index contributed by atoms with van der Waals surface area (Å²) < 4.78 is 23.0. The fourth-order valence-corrected chi connectivity index (χ4v) is 5.85. The quantitative estimate of drug-likeness (QED) is 0.167. The molecule has 206 valence electrons. The summed E-state index contributed by atoms with van der Waals surface area (Å²) in [7, 11) is 4.45. The van der Waals surface area contributed by atoms with E-state index in [1.807, 2.05) is 32.0 Å². The van der Waals surface area contributed by atoms with Crippen molar-refractivity contribution >= 4 is 44.1 Å². The number of aromatic nitrogens is 1. The second-order valence-electron chi connectivity index (χ2n) is 9.05. The molecule has 1 saturated heterocycles. The third-order valence-electron chi connectivity index (χ3n) is 6.62. The molecule has 1 aliphatic rings. The lowest BCUT2D eigenvalue weighted by Crippen LogP contribution is -2.29. The number of aliphatic hydroxyl groups excluding tert-OH is 1. The average molecular weight is 561 g/mol. The topological polar surface area (TPSA) is 107 Å². The highest BCUT2D eigenvalue weighted by atomic mass is 32.1. The van der Waals surface area contributed by atoms with E-state index in [0.717, 1.165) is 10.3 Å². The van der Waals surface area contributed by atoms with Gasteiger partial charge in [0.25, 0.3) is 5.78 Å². The standard InChI is InChI=1S/C30H28N2O7S/c1-6-39-19-10-8-17(9-11-19)26(33)24-25(18-14-21(36-3)28(38-5)22(15-18)37-4)32(29(35)27(24)34)30-31-20-12-7-16(2)13-23(20)40-30/h7-15,25,33H,6H2,1-5H3/t25-/m1/s1. The van der Waals surface area contributed by atoms with Crippen molar-refractivity contribution in [1.29, 1.82) is 0 Å². The number of benzene rings is 3. The van der Waals surface area contributed by atoms with Gasteiger partial charge in [0, 0.05) is 5.56 Å². The molecule has 1 amide bonds. The third-order valence-corrected chi connectivity index (χ3v) is 7.64. The monoisotopic (exact) mass is 560 g/mol. The zero-order valence-corrected chi connectivity index (χ0v) is 23.5. The molecule has 1 N–H and O–H groups in total. The molecule has 40 heavy (non-hydrogen) atoms. The number of ketones is 1. The number of thiazole rings is 1. The summed E-state index contributed by atoms with van der Waals surface area (Å²) in [6, 6.07) is 14.7. The van der Waals surface area contributed by atoms with Crippen molar-refractivity contribution in [2.75, 3.05) is 32.8 Å². The summed E-state index contributed by atoms with van der Waals surface area (Å²) in [5.74, 6) is -0.313. The minimum Gasteiger partial charge on any atom is -0.507 e. The first kappa shape index (κ1) is 27.0. The Kier molecular flexibility index (Phi) is 7.36. The number of anilines is 1. The molecule has 1 fully saturated rings. The van der Waals surface area contributed by atoms with Crippen molar-refractivity contribution in [1.82, 2.24) is 4.98 Å². The van der Waals surface area contributed by atoms with E-state index in [1.165, 1.54) is 37.6 Å². The molecule has 0 unspecified atom stereocenters. The van der Waals surface area contributed by atoms with Gasteiger partial charge in [0.2, 0.25) is 5.75 Å². The molecule has 2 heterocycles. The Morgan fingerprint density at radius 1 is 0.975 bits per heavy atom. The van der Waals surface area contributed by atoms with Gasteiger partial charge in [-0.2, -0.15) is 0 Å². The van der Waals surface area contributed by atoms with Crippen molar-refractivity contribution < 1.29 is 33.6 Å². The third kappa shape index (κ3) is 4.60. The molecular formula is C30H28N2O7S. The normalized spacial score (nSPS) is 16.4. The Bertz CT molecular complexity index is 1620. The van der Waals surface area contributed by atoms with Crippen molar-refractivity contribution in [2.45, 2.75) is 19.9 Å². The number of amides is 1. The predicted molar refractivity (Wildman–Crippen MR) is 153 cm³/mol. The fraction of sp³-hybridized carbons (Fsp3) is 0.233. The van der Waals surface area contributed by atoms with Crippen LogP contribution in [-0.4, -0.2) is 49.7 Å². The number of nitrogens with zero attached hydrogens (tertiary/aromatic N) is 2. The first-order valence-electron chi connectivity index (χ1n) is 12.5. The molecule has 0 radical (unpaired) electrons. The van der Waals surface area contributed by atoms with E-state index in [2.05, 4.69) is 4.98 Å². The lowest BCUT2D eigenvalue weighted by atomic mass is 9.94. The van der Waals surface area contributed by atoms with E-state index in [0.29, 0.717) is 51.4 Å². The molecule has 10 heteroatoms. The maximum atomic E-state index is 13.6. The second kappa shape index (κ2) is 10.9. The van der Waals surface area contributed by atoms with Crippen LogP contribution in [0.5, 0.6) is 23.0 Å². The molecule has 5 rings (SSSR count). The minimum atomic E-state index is -1.03. The largest absolute Gasteiger partial charge is 0.507 e. The Labute approximate surface area is 235 Å². The van der Waals surface area contributed by atoms with Gasteiger partial charge in [0.15, 0.2) is 16.6 Å². The molecule has 0 aliphatic carbocycles. The van der Waals surface area contributed by atoms with Crippen LogP contribution in [0.2, 0.25) is 0 Å². The van der Waals surface area contributed by atoms with E-state index in [4.69, 9.17) is 18.9 Å². The number of aryl methyl sites for hydroxylation is 1. The van der Waals surface area contributed by atoms with Crippen LogP contribution in [-0.2, 0) is 9.59 Å². The number of aliphatic hydroxyl groups is 1. The summed E-state index contributed by atoms with van der Waals surface area (Å²) in [4.78, 5) is 33.3. The summed E-state index contributed by atoms with van der Waals surface area (Å²) >= 11 is 1.29. The number of hydrogen-bond acceptors (Lipinski definition) is 9. The molecule has 1 aliphatic heterocycles. The van der Waals surface area contributed by atoms with Crippen molar-refractivity contribution in [3.63, 3.8) is 0 Å². The Hall–Kier alpha value is -4.57. The van der Waals surface area contributed by atoms with Crippen LogP contribution in [0.15, 0.2) is 60.2 Å². The van der Waals surface area contributed by atoms with Gasteiger partial charge in [-0.25, -0.2) is 4.98 Å². The molecule has 3 aromatic carbocycles. The zero-order chi connectivity index (χ0) is 28.6. The van der Waals surface area contributed by atoms with E-state index >= 15 is 0 Å². The fourth-order valence-electron chi connectivity index (χ4n) is 4.76. The SMILES string of the molecule is CCOc1ccc(C(O)=C2C(=O)C(=O)N(c3nc4ccc(C)cc4s3)[C@@H]2c2cc(OC)c(OC)c(OC)c2)cc1. The number of rotatable bonds is 8. The summed E-state index contributed by atoms with van der Waals surface area (Å²) in [6.07, 6.45) is 0. The van der Waals surface area contributed by atoms with Gasteiger partial charge in [-0.05, 0) is 73.5 Å². The van der Waals surface area contributed by atoms with Gasteiger partial charge in [0.05, 0.1) is 49.8 Å². The van der Waals surface area contributed by atoms with Gasteiger partial charge in [-0.3, -0.25) is 14.5 Å². The van der Waals surface area contributed by atoms with Crippen LogP contribution in [0.1, 0.15) is 29.7 Å². The first-order valence-corrected chi connectivity index (χ1v) is 13.3. The maximum Gasteiger partial charge on any atom is 0.301 e. The average Bonchev–Trinajstić information content (AvgIpc) is 3.49. The van der Waals surface area contributed by atoms with Crippen molar-refractivity contribution in [3.05, 3.63) is 76.9 Å². The number of ether oxygens (including phenoxy) is 4. The van der Waals surface area contributed by atoms with Crippen LogP contribution >= 0.6 is 11.3 Å². The van der Waals surface area contributed by atoms with Gasteiger partial charge in [0.1, 0.15) is 11.5 Å². The zero-order valence-electron chi connectivity index (χ0n) is 22.7. The van der Waals surface area contributed by atoms with Crippen LogP contribution in [0, 0.1) is 6.92 Å². The lowest BCUT2D eigenvalue weighted by molar-refractivity contribution is -0.132. The molecular weight excluding hydrogens is 532 g/mol. The number of methoxy groups -OCH3 is 3.